The van der Waals surface area contributed by atoms with Crippen LogP contribution >= 0.6 is 15.9 Å². The molecule has 6 heteroatoms. The number of nitrogens with two attached hydrogens (primary N) is 1. The predicted octanol–water partition coefficient (Wildman–Crippen LogP) is 2.23. The SMILES string of the molecule is CC(C)N=C(NN)Nc1ccc(F)cc1Br. The lowest BCUT2D eigenvalue weighted by molar-refractivity contribution is 0.627. The van der Waals surface area contributed by atoms with E-state index >= 15 is 0 Å². The fourth-order valence-electron chi connectivity index (χ4n) is 1.08. The van der Waals surface area contributed by atoms with E-state index in [1.165, 1.54) is 12.1 Å². The van der Waals surface area contributed by atoms with Gasteiger partial charge in [0.15, 0.2) is 0 Å². The Balaban J connectivity index is 2.86. The zero-order valence-electron chi connectivity index (χ0n) is 9.09. The van der Waals surface area contributed by atoms with Gasteiger partial charge in [0.25, 0.3) is 0 Å². The van der Waals surface area contributed by atoms with Crippen LogP contribution in [0.5, 0.6) is 0 Å². The van der Waals surface area contributed by atoms with Crippen molar-refractivity contribution >= 4 is 27.6 Å². The van der Waals surface area contributed by atoms with Gasteiger partial charge in [0.05, 0.1) is 5.69 Å². The zero-order valence-corrected chi connectivity index (χ0v) is 10.7. The van der Waals surface area contributed by atoms with E-state index in [4.69, 9.17) is 5.84 Å². The second-order valence-corrected chi connectivity index (χ2v) is 4.32. The molecule has 0 amide bonds. The molecule has 0 saturated carbocycles. The number of nitrogens with zero attached hydrogens (tertiary/aromatic N) is 1. The Morgan fingerprint density at radius 2 is 2.19 bits per heavy atom. The van der Waals surface area contributed by atoms with Crippen LogP contribution in [0.2, 0.25) is 0 Å². The van der Waals surface area contributed by atoms with E-state index in [1.807, 2.05) is 13.8 Å². The molecule has 4 nitrogen and oxygen atoms in total. The first-order valence-corrected chi connectivity index (χ1v) is 5.58. The minimum absolute atomic E-state index is 0.109. The third-order valence-electron chi connectivity index (χ3n) is 1.71. The van der Waals surface area contributed by atoms with Gasteiger partial charge >= 0.3 is 0 Å². The van der Waals surface area contributed by atoms with Gasteiger partial charge in [0.2, 0.25) is 5.96 Å². The molecule has 0 heterocycles. The van der Waals surface area contributed by atoms with E-state index < -0.39 is 0 Å². The van der Waals surface area contributed by atoms with Crippen LogP contribution in [-0.4, -0.2) is 12.0 Å². The third-order valence-corrected chi connectivity index (χ3v) is 2.36. The molecule has 0 aliphatic carbocycles. The van der Waals surface area contributed by atoms with Crippen LogP contribution in [0.3, 0.4) is 0 Å². The van der Waals surface area contributed by atoms with Crippen molar-refractivity contribution in [3.63, 3.8) is 0 Å². The maximum absolute atomic E-state index is 12.8. The summed E-state index contributed by atoms with van der Waals surface area (Å²) in [5, 5.41) is 2.96. The number of nitrogens with one attached hydrogen (secondary N) is 2. The molecule has 4 N–H and O–H groups in total. The lowest BCUT2D eigenvalue weighted by Gasteiger charge is -2.11. The topological polar surface area (TPSA) is 62.4 Å². The fourth-order valence-corrected chi connectivity index (χ4v) is 1.53. The molecular formula is C10H14BrFN4. The maximum atomic E-state index is 12.8. The molecule has 0 bridgehead atoms. The van der Waals surface area contributed by atoms with Crippen LogP contribution < -0.4 is 16.6 Å². The van der Waals surface area contributed by atoms with Gasteiger partial charge in [-0.2, -0.15) is 0 Å². The molecule has 0 fully saturated rings. The summed E-state index contributed by atoms with van der Waals surface area (Å²) >= 11 is 3.24. The molecule has 1 aromatic carbocycles. The smallest absolute Gasteiger partial charge is 0.210 e. The van der Waals surface area contributed by atoms with E-state index in [0.29, 0.717) is 16.1 Å². The third kappa shape index (κ3) is 3.79. The standard InChI is InChI=1S/C10H14BrFN4/c1-6(2)14-10(16-13)15-9-4-3-7(12)5-8(9)11/h3-6H,13H2,1-2H3,(H2,14,15,16). The summed E-state index contributed by atoms with van der Waals surface area (Å²) in [7, 11) is 0. The Bertz CT molecular complexity index is 392. The number of anilines is 1. The summed E-state index contributed by atoms with van der Waals surface area (Å²) < 4.78 is 13.5. The number of guanidine groups is 1. The zero-order chi connectivity index (χ0) is 12.1. The van der Waals surface area contributed by atoms with Crippen LogP contribution in [0.15, 0.2) is 27.7 Å². The van der Waals surface area contributed by atoms with Crippen molar-refractivity contribution in [2.24, 2.45) is 10.8 Å². The molecule has 16 heavy (non-hydrogen) atoms. The lowest BCUT2D eigenvalue weighted by atomic mass is 10.3. The predicted molar refractivity (Wildman–Crippen MR) is 67.6 cm³/mol. The highest BCUT2D eigenvalue weighted by molar-refractivity contribution is 9.10. The Kier molecular flexibility index (Phi) is 4.70. The highest BCUT2D eigenvalue weighted by atomic mass is 79.9. The lowest BCUT2D eigenvalue weighted by Crippen LogP contribution is -2.37. The normalized spacial score (nSPS) is 11.8. The van der Waals surface area contributed by atoms with Crippen molar-refractivity contribution in [3.05, 3.63) is 28.5 Å². The van der Waals surface area contributed by atoms with Crippen LogP contribution in [0.4, 0.5) is 10.1 Å². The summed E-state index contributed by atoms with van der Waals surface area (Å²) in [6, 6.07) is 4.44. The van der Waals surface area contributed by atoms with Crippen LogP contribution in [0, 0.1) is 5.82 Å². The molecule has 0 aromatic heterocycles. The molecule has 0 atom stereocenters. The second kappa shape index (κ2) is 5.81. The average molecular weight is 289 g/mol. The number of aliphatic imine (C=N–C) groups is 1. The summed E-state index contributed by atoms with van der Waals surface area (Å²) in [6.45, 7) is 3.86. The minimum Gasteiger partial charge on any atom is -0.324 e. The van der Waals surface area contributed by atoms with E-state index in [1.54, 1.807) is 6.07 Å². The molecule has 0 aliphatic rings. The van der Waals surface area contributed by atoms with Crippen LogP contribution in [-0.2, 0) is 0 Å². The number of benzene rings is 1. The fraction of sp³-hybridized carbons (Fsp3) is 0.300. The Hall–Kier alpha value is -1.14. The molecule has 0 unspecified atom stereocenters. The minimum atomic E-state index is -0.305. The van der Waals surface area contributed by atoms with Gasteiger partial charge in [0, 0.05) is 10.5 Å². The second-order valence-electron chi connectivity index (χ2n) is 3.46. The van der Waals surface area contributed by atoms with Crippen molar-refractivity contribution in [1.29, 1.82) is 0 Å². The van der Waals surface area contributed by atoms with Gasteiger partial charge < -0.3 is 5.32 Å². The highest BCUT2D eigenvalue weighted by Gasteiger charge is 2.04. The van der Waals surface area contributed by atoms with Gasteiger partial charge in [-0.15, -0.1) is 0 Å². The first-order chi connectivity index (χ1) is 7.52. The Labute approximate surface area is 102 Å². The van der Waals surface area contributed by atoms with Crippen LogP contribution in [0.1, 0.15) is 13.8 Å². The van der Waals surface area contributed by atoms with E-state index in [-0.39, 0.29) is 11.9 Å². The maximum Gasteiger partial charge on any atom is 0.210 e. The summed E-state index contributed by atoms with van der Waals surface area (Å²) in [6.07, 6.45) is 0. The van der Waals surface area contributed by atoms with Crippen LogP contribution in [0.25, 0.3) is 0 Å². The van der Waals surface area contributed by atoms with Gasteiger partial charge in [-0.3, -0.25) is 5.43 Å². The number of halogens is 2. The van der Waals surface area contributed by atoms with Gasteiger partial charge in [-0.1, -0.05) is 0 Å². The number of hydrazine groups is 1. The number of hydrogen-bond acceptors (Lipinski definition) is 2. The molecule has 88 valence electrons. The quantitative estimate of drug-likeness (QED) is 0.338. The first kappa shape index (κ1) is 12.9. The van der Waals surface area contributed by atoms with Crippen molar-refractivity contribution < 1.29 is 4.39 Å². The molecular weight excluding hydrogens is 275 g/mol. The number of hydrogen-bond donors (Lipinski definition) is 3. The molecule has 0 aliphatic heterocycles. The molecule has 0 radical (unpaired) electrons. The summed E-state index contributed by atoms with van der Waals surface area (Å²) in [5.41, 5.74) is 3.14. The van der Waals surface area contributed by atoms with Crippen molar-refractivity contribution in [3.8, 4) is 0 Å². The van der Waals surface area contributed by atoms with E-state index in [2.05, 4.69) is 31.7 Å². The molecule has 1 aromatic rings. The van der Waals surface area contributed by atoms with Gasteiger partial charge in [-0.25, -0.2) is 15.2 Å². The van der Waals surface area contributed by atoms with Gasteiger partial charge in [-0.05, 0) is 48.0 Å². The highest BCUT2D eigenvalue weighted by Crippen LogP contribution is 2.22. The van der Waals surface area contributed by atoms with Crippen molar-refractivity contribution in [2.45, 2.75) is 19.9 Å². The van der Waals surface area contributed by atoms with Crippen molar-refractivity contribution in [1.82, 2.24) is 5.43 Å². The van der Waals surface area contributed by atoms with E-state index in [9.17, 15) is 4.39 Å². The first-order valence-electron chi connectivity index (χ1n) is 4.79. The molecule has 1 rings (SSSR count). The molecule has 0 spiro atoms. The Morgan fingerprint density at radius 1 is 1.50 bits per heavy atom. The summed E-state index contributed by atoms with van der Waals surface area (Å²) in [4.78, 5) is 4.21. The largest absolute Gasteiger partial charge is 0.324 e. The average Bonchev–Trinajstić information content (AvgIpc) is 2.20. The van der Waals surface area contributed by atoms with Crippen molar-refractivity contribution in [2.75, 3.05) is 5.32 Å². The molecule has 0 saturated heterocycles. The number of rotatable bonds is 2. The van der Waals surface area contributed by atoms with E-state index in [0.717, 1.165) is 0 Å². The summed E-state index contributed by atoms with van der Waals surface area (Å²) in [5.74, 6) is 5.44. The monoisotopic (exact) mass is 288 g/mol. The Morgan fingerprint density at radius 3 is 2.69 bits per heavy atom. The van der Waals surface area contributed by atoms with Gasteiger partial charge in [0.1, 0.15) is 5.82 Å².